The Balaban J connectivity index is 2.03. The number of aliphatic hydroxyl groups excluding tert-OH is 1. The molecule has 82 valence electrons. The van der Waals surface area contributed by atoms with Gasteiger partial charge in [0.1, 0.15) is 0 Å². The lowest BCUT2D eigenvalue weighted by Gasteiger charge is -2.24. The van der Waals surface area contributed by atoms with E-state index < -0.39 is 0 Å². The average molecular weight is 205 g/mol. The highest BCUT2D eigenvalue weighted by Crippen LogP contribution is 2.24. The van der Waals surface area contributed by atoms with Crippen molar-refractivity contribution in [3.8, 4) is 0 Å². The minimum atomic E-state index is -0.269. The number of hydrogen-bond donors (Lipinski definition) is 2. The smallest absolute Gasteiger partial charge is 0.0758 e. The molecule has 0 amide bonds. The zero-order valence-electron chi connectivity index (χ0n) is 9.19. The van der Waals surface area contributed by atoms with E-state index in [1.54, 1.807) is 0 Å². The Labute approximate surface area is 91.3 Å². The Morgan fingerprint density at radius 3 is 2.67 bits per heavy atom. The van der Waals surface area contributed by atoms with Crippen LogP contribution in [0.5, 0.6) is 0 Å². The fraction of sp³-hybridized carbons (Fsp3) is 0.538. The van der Waals surface area contributed by atoms with Gasteiger partial charge in [-0.2, -0.15) is 0 Å². The maximum absolute atomic E-state index is 10.2. The van der Waals surface area contributed by atoms with Crippen LogP contribution in [-0.4, -0.2) is 23.8 Å². The van der Waals surface area contributed by atoms with Gasteiger partial charge in [-0.05, 0) is 24.9 Å². The van der Waals surface area contributed by atoms with E-state index in [4.69, 9.17) is 0 Å². The molecule has 1 aromatic carbocycles. The van der Waals surface area contributed by atoms with Crippen molar-refractivity contribution in [2.75, 3.05) is 6.54 Å². The van der Waals surface area contributed by atoms with E-state index >= 15 is 0 Å². The summed E-state index contributed by atoms with van der Waals surface area (Å²) >= 11 is 0. The maximum Gasteiger partial charge on any atom is 0.0758 e. The van der Waals surface area contributed by atoms with Crippen molar-refractivity contribution >= 4 is 0 Å². The lowest BCUT2D eigenvalue weighted by molar-refractivity contribution is 0.112. The van der Waals surface area contributed by atoms with Gasteiger partial charge in [0, 0.05) is 12.0 Å². The maximum atomic E-state index is 10.2. The van der Waals surface area contributed by atoms with Crippen LogP contribution in [0.4, 0.5) is 0 Å². The molecule has 1 aliphatic heterocycles. The Bertz CT molecular complexity index is 293. The molecule has 1 fully saturated rings. The monoisotopic (exact) mass is 205 g/mol. The molecule has 1 heterocycles. The molecular formula is C13H19NO. The molecule has 3 atom stereocenters. The van der Waals surface area contributed by atoms with Gasteiger partial charge in [0.05, 0.1) is 6.10 Å². The van der Waals surface area contributed by atoms with Crippen LogP contribution in [0.15, 0.2) is 30.3 Å². The molecule has 2 heteroatoms. The molecule has 0 aromatic heterocycles. The second kappa shape index (κ2) is 4.77. The molecular weight excluding hydrogens is 186 g/mol. The van der Waals surface area contributed by atoms with E-state index in [-0.39, 0.29) is 18.1 Å². The molecule has 2 rings (SSSR count). The van der Waals surface area contributed by atoms with E-state index in [9.17, 15) is 5.11 Å². The normalized spacial score (nSPS) is 25.1. The van der Waals surface area contributed by atoms with Crippen LogP contribution >= 0.6 is 0 Å². The number of benzene rings is 1. The highest BCUT2D eigenvalue weighted by atomic mass is 16.3. The van der Waals surface area contributed by atoms with Crippen LogP contribution in [0.2, 0.25) is 0 Å². The average Bonchev–Trinajstić information content (AvgIpc) is 2.82. The van der Waals surface area contributed by atoms with Crippen LogP contribution in [0, 0.1) is 0 Å². The van der Waals surface area contributed by atoms with Crippen LogP contribution in [0.25, 0.3) is 0 Å². The minimum Gasteiger partial charge on any atom is -0.391 e. The Morgan fingerprint density at radius 2 is 2.07 bits per heavy atom. The first-order valence-corrected chi connectivity index (χ1v) is 5.75. The summed E-state index contributed by atoms with van der Waals surface area (Å²) in [4.78, 5) is 0. The van der Waals surface area contributed by atoms with Gasteiger partial charge < -0.3 is 10.4 Å². The first kappa shape index (κ1) is 10.7. The highest BCUT2D eigenvalue weighted by Gasteiger charge is 2.27. The molecule has 1 aromatic rings. The van der Waals surface area contributed by atoms with Gasteiger partial charge in [0.2, 0.25) is 0 Å². The van der Waals surface area contributed by atoms with Crippen LogP contribution in [0.1, 0.15) is 31.2 Å². The molecule has 0 aliphatic carbocycles. The summed E-state index contributed by atoms with van der Waals surface area (Å²) in [6.07, 6.45) is 2.01. The number of nitrogens with one attached hydrogen (secondary N) is 1. The molecule has 0 bridgehead atoms. The molecule has 0 radical (unpaired) electrons. The summed E-state index contributed by atoms with van der Waals surface area (Å²) in [6, 6.07) is 10.5. The standard InChI is InChI=1S/C13H19NO/c1-10(11-6-3-2-4-7-11)13(15)12-8-5-9-14-12/h2-4,6-7,10,12-15H,5,8-9H2,1H3. The first-order valence-electron chi connectivity index (χ1n) is 5.75. The third kappa shape index (κ3) is 2.39. The van der Waals surface area contributed by atoms with Crippen molar-refractivity contribution in [3.05, 3.63) is 35.9 Å². The van der Waals surface area contributed by atoms with E-state index in [1.807, 2.05) is 18.2 Å². The lowest BCUT2D eigenvalue weighted by atomic mass is 9.90. The summed E-state index contributed by atoms with van der Waals surface area (Å²) in [6.45, 7) is 3.14. The summed E-state index contributed by atoms with van der Waals surface area (Å²) in [5.41, 5.74) is 1.22. The molecule has 3 unspecified atom stereocenters. The summed E-state index contributed by atoms with van der Waals surface area (Å²) in [5.74, 6) is 0.210. The van der Waals surface area contributed by atoms with Crippen LogP contribution in [0.3, 0.4) is 0 Å². The zero-order valence-corrected chi connectivity index (χ0v) is 9.19. The summed E-state index contributed by atoms with van der Waals surface area (Å²) in [7, 11) is 0. The Hall–Kier alpha value is -0.860. The fourth-order valence-corrected chi connectivity index (χ4v) is 2.31. The van der Waals surface area contributed by atoms with Gasteiger partial charge in [-0.25, -0.2) is 0 Å². The molecule has 15 heavy (non-hydrogen) atoms. The topological polar surface area (TPSA) is 32.3 Å². The lowest BCUT2D eigenvalue weighted by Crippen LogP contribution is -2.38. The predicted octanol–water partition coefficient (Wildman–Crippen LogP) is 1.90. The second-order valence-corrected chi connectivity index (χ2v) is 4.39. The van der Waals surface area contributed by atoms with Crippen molar-refractivity contribution < 1.29 is 5.11 Å². The molecule has 0 saturated carbocycles. The summed E-state index contributed by atoms with van der Waals surface area (Å²) < 4.78 is 0. The molecule has 1 aliphatic rings. The van der Waals surface area contributed by atoms with Crippen molar-refractivity contribution in [3.63, 3.8) is 0 Å². The molecule has 0 spiro atoms. The Kier molecular flexibility index (Phi) is 3.39. The quantitative estimate of drug-likeness (QED) is 0.790. The molecule has 2 nitrogen and oxygen atoms in total. The van der Waals surface area contributed by atoms with Gasteiger partial charge in [0.25, 0.3) is 0 Å². The highest BCUT2D eigenvalue weighted by molar-refractivity contribution is 5.20. The van der Waals surface area contributed by atoms with Crippen molar-refractivity contribution in [2.45, 2.75) is 37.8 Å². The van der Waals surface area contributed by atoms with E-state index in [1.165, 1.54) is 12.0 Å². The van der Waals surface area contributed by atoms with Gasteiger partial charge in [-0.15, -0.1) is 0 Å². The largest absolute Gasteiger partial charge is 0.391 e. The fourth-order valence-electron chi connectivity index (χ4n) is 2.31. The van der Waals surface area contributed by atoms with Crippen molar-refractivity contribution in [2.24, 2.45) is 0 Å². The zero-order chi connectivity index (χ0) is 10.7. The van der Waals surface area contributed by atoms with E-state index in [0.717, 1.165) is 13.0 Å². The van der Waals surface area contributed by atoms with Gasteiger partial charge in [-0.3, -0.25) is 0 Å². The van der Waals surface area contributed by atoms with Crippen LogP contribution in [-0.2, 0) is 0 Å². The van der Waals surface area contributed by atoms with Gasteiger partial charge in [-0.1, -0.05) is 37.3 Å². The number of rotatable bonds is 3. The number of aliphatic hydroxyl groups is 1. The third-order valence-electron chi connectivity index (χ3n) is 3.35. The van der Waals surface area contributed by atoms with E-state index in [2.05, 4.69) is 24.4 Å². The van der Waals surface area contributed by atoms with Gasteiger partial charge >= 0.3 is 0 Å². The Morgan fingerprint density at radius 1 is 1.33 bits per heavy atom. The van der Waals surface area contributed by atoms with E-state index in [0.29, 0.717) is 0 Å². The number of hydrogen-bond acceptors (Lipinski definition) is 2. The van der Waals surface area contributed by atoms with Gasteiger partial charge in [0.15, 0.2) is 0 Å². The molecule has 2 N–H and O–H groups in total. The third-order valence-corrected chi connectivity index (χ3v) is 3.35. The second-order valence-electron chi connectivity index (χ2n) is 4.39. The minimum absolute atomic E-state index is 0.210. The molecule has 1 saturated heterocycles. The first-order chi connectivity index (χ1) is 7.29. The summed E-state index contributed by atoms with van der Waals surface area (Å²) in [5, 5.41) is 13.6. The van der Waals surface area contributed by atoms with Crippen LogP contribution < -0.4 is 5.32 Å². The SMILES string of the molecule is CC(c1ccccc1)C(O)C1CCCN1. The van der Waals surface area contributed by atoms with Crippen molar-refractivity contribution in [1.82, 2.24) is 5.32 Å². The predicted molar refractivity (Wildman–Crippen MR) is 61.9 cm³/mol. The van der Waals surface area contributed by atoms with Crippen molar-refractivity contribution in [1.29, 1.82) is 0 Å².